The van der Waals surface area contributed by atoms with Gasteiger partial charge < -0.3 is 4.90 Å². The topological polar surface area (TPSA) is 53.4 Å². The Bertz CT molecular complexity index is 292. The third-order valence-electron chi connectivity index (χ3n) is 1.14. The molecule has 7 heteroatoms. The highest BCUT2D eigenvalue weighted by molar-refractivity contribution is 7.80. The third-order valence-corrected chi connectivity index (χ3v) is 2.12. The zero-order valence-corrected chi connectivity index (χ0v) is 8.89. The molecule has 1 aromatic rings. The van der Waals surface area contributed by atoms with E-state index in [2.05, 4.69) is 20.1 Å². The molecule has 0 bridgehead atoms. The maximum Gasteiger partial charge on any atom is 0.189 e. The van der Waals surface area contributed by atoms with Crippen LogP contribution in [0.5, 0.6) is 0 Å². The summed E-state index contributed by atoms with van der Waals surface area (Å²) in [6.45, 7) is 0. The summed E-state index contributed by atoms with van der Waals surface area (Å²) in [5.41, 5.74) is 3.41. The maximum absolute atomic E-state index is 4.94. The van der Waals surface area contributed by atoms with Crippen LogP contribution in [0.2, 0.25) is 0 Å². The molecule has 1 aromatic heterocycles. The predicted molar refractivity (Wildman–Crippen MR) is 56.9 cm³/mol. The van der Waals surface area contributed by atoms with Crippen LogP contribution < -0.4 is 5.43 Å². The molecule has 0 unspecified atom stereocenters. The normalized spacial score (nSPS) is 10.3. The van der Waals surface area contributed by atoms with Crippen molar-refractivity contribution in [3.8, 4) is 0 Å². The van der Waals surface area contributed by atoms with Crippen molar-refractivity contribution in [2.45, 2.75) is 0 Å². The van der Waals surface area contributed by atoms with Crippen LogP contribution in [0.15, 0.2) is 10.5 Å². The summed E-state index contributed by atoms with van der Waals surface area (Å²) >= 11 is 6.22. The summed E-state index contributed by atoms with van der Waals surface area (Å²) in [5, 5.41) is 10.0. The lowest BCUT2D eigenvalue weighted by atomic mass is 10.6. The molecule has 0 fully saturated rings. The number of rotatable bonds is 2. The number of nitrogens with zero attached hydrogens (tertiary/aromatic N) is 4. The lowest BCUT2D eigenvalue weighted by molar-refractivity contribution is 0.606. The number of hydrogen-bond donors (Lipinski definition) is 1. The quantitative estimate of drug-likeness (QED) is 0.437. The van der Waals surface area contributed by atoms with Gasteiger partial charge in [-0.05, 0) is 23.8 Å². The van der Waals surface area contributed by atoms with E-state index in [-0.39, 0.29) is 0 Å². The monoisotopic (exact) mass is 215 g/mol. The third kappa shape index (κ3) is 3.43. The van der Waals surface area contributed by atoms with Crippen molar-refractivity contribution >= 4 is 35.1 Å². The number of hydrogen-bond acceptors (Lipinski definition) is 5. The molecule has 0 aliphatic carbocycles. The van der Waals surface area contributed by atoms with Gasteiger partial charge in [-0.15, -0.1) is 5.10 Å². The van der Waals surface area contributed by atoms with Gasteiger partial charge in [0, 0.05) is 19.5 Å². The van der Waals surface area contributed by atoms with Gasteiger partial charge >= 0.3 is 0 Å². The van der Waals surface area contributed by atoms with Gasteiger partial charge in [0.1, 0.15) is 5.69 Å². The summed E-state index contributed by atoms with van der Waals surface area (Å²) in [7, 11) is 3.69. The van der Waals surface area contributed by atoms with Gasteiger partial charge in [0.25, 0.3) is 0 Å². The molecule has 0 atom stereocenters. The Hall–Kier alpha value is -1.08. The van der Waals surface area contributed by atoms with E-state index in [1.54, 1.807) is 16.5 Å². The zero-order valence-electron chi connectivity index (χ0n) is 7.26. The van der Waals surface area contributed by atoms with Crippen LogP contribution in [0.1, 0.15) is 5.69 Å². The zero-order chi connectivity index (χ0) is 9.68. The molecule has 0 saturated heterocycles. The Balaban J connectivity index is 2.39. The minimum atomic E-state index is 0.555. The molecule has 0 aliphatic rings. The molecule has 0 aliphatic heterocycles. The highest BCUT2D eigenvalue weighted by atomic mass is 32.1. The molecule has 0 spiro atoms. The van der Waals surface area contributed by atoms with Gasteiger partial charge in [-0.3, -0.25) is 5.43 Å². The van der Waals surface area contributed by atoms with Crippen LogP contribution in [0, 0.1) is 0 Å². The minimum Gasteiger partial charge on any atom is -0.354 e. The van der Waals surface area contributed by atoms with E-state index < -0.39 is 0 Å². The molecule has 1 heterocycles. The highest BCUT2D eigenvalue weighted by Gasteiger charge is 1.94. The summed E-state index contributed by atoms with van der Waals surface area (Å²) < 4.78 is 3.68. The Kier molecular flexibility index (Phi) is 3.71. The first kappa shape index (κ1) is 10.0. The van der Waals surface area contributed by atoms with Gasteiger partial charge in [-0.25, -0.2) is 0 Å². The molecule has 0 aromatic carbocycles. The van der Waals surface area contributed by atoms with Crippen LogP contribution in [0.4, 0.5) is 0 Å². The molecular formula is C6H9N5S2. The molecule has 13 heavy (non-hydrogen) atoms. The Morgan fingerprint density at radius 1 is 1.77 bits per heavy atom. The molecule has 0 saturated carbocycles. The summed E-state index contributed by atoms with van der Waals surface area (Å²) in [6, 6.07) is 0. The van der Waals surface area contributed by atoms with Crippen LogP contribution in [0.25, 0.3) is 0 Å². The fourth-order valence-corrected chi connectivity index (χ4v) is 0.939. The second-order valence-electron chi connectivity index (χ2n) is 2.40. The van der Waals surface area contributed by atoms with Crippen LogP contribution >= 0.6 is 23.8 Å². The van der Waals surface area contributed by atoms with Crippen molar-refractivity contribution in [1.29, 1.82) is 0 Å². The highest BCUT2D eigenvalue weighted by Crippen LogP contribution is 1.91. The van der Waals surface area contributed by atoms with Crippen molar-refractivity contribution in [2.75, 3.05) is 14.1 Å². The molecule has 0 radical (unpaired) electrons. The summed E-state index contributed by atoms with van der Waals surface area (Å²) in [5.74, 6) is 0. The van der Waals surface area contributed by atoms with E-state index in [0.29, 0.717) is 5.11 Å². The van der Waals surface area contributed by atoms with Gasteiger partial charge in [0.2, 0.25) is 0 Å². The second-order valence-corrected chi connectivity index (χ2v) is 3.40. The second kappa shape index (κ2) is 4.83. The first-order chi connectivity index (χ1) is 6.20. The van der Waals surface area contributed by atoms with E-state index in [1.165, 1.54) is 11.5 Å². The Morgan fingerprint density at radius 2 is 2.54 bits per heavy atom. The SMILES string of the molecule is CN(C)C(=S)N/N=C/c1csnn1. The molecular weight excluding hydrogens is 206 g/mol. The lowest BCUT2D eigenvalue weighted by Gasteiger charge is -2.11. The molecule has 0 amide bonds. The van der Waals surface area contributed by atoms with E-state index in [9.17, 15) is 0 Å². The van der Waals surface area contributed by atoms with Crippen LogP contribution in [0.3, 0.4) is 0 Å². The van der Waals surface area contributed by atoms with Crippen LogP contribution in [-0.4, -0.2) is 39.9 Å². The van der Waals surface area contributed by atoms with E-state index in [4.69, 9.17) is 12.2 Å². The smallest absolute Gasteiger partial charge is 0.189 e. The molecule has 1 rings (SSSR count). The van der Waals surface area contributed by atoms with Crippen molar-refractivity contribution in [3.63, 3.8) is 0 Å². The fourth-order valence-electron chi connectivity index (χ4n) is 0.482. The number of hydrazone groups is 1. The first-order valence-electron chi connectivity index (χ1n) is 3.47. The number of aromatic nitrogens is 2. The summed E-state index contributed by atoms with van der Waals surface area (Å²) in [6.07, 6.45) is 1.57. The van der Waals surface area contributed by atoms with Crippen molar-refractivity contribution in [2.24, 2.45) is 5.10 Å². The number of nitrogens with one attached hydrogen (secondary N) is 1. The Morgan fingerprint density at radius 3 is 3.08 bits per heavy atom. The minimum absolute atomic E-state index is 0.555. The first-order valence-corrected chi connectivity index (χ1v) is 4.72. The number of thiocarbonyl (C=S) groups is 1. The Labute approximate surface area is 85.6 Å². The van der Waals surface area contributed by atoms with Gasteiger partial charge in [0.05, 0.1) is 6.21 Å². The predicted octanol–water partition coefficient (Wildman–Crippen LogP) is 0.308. The molecule has 5 nitrogen and oxygen atoms in total. The van der Waals surface area contributed by atoms with Crippen LogP contribution in [-0.2, 0) is 0 Å². The standard InChI is InChI=1S/C6H9N5S2/c1-11(2)6(12)9-7-3-5-4-13-10-8-5/h3-4H,1-2H3,(H,9,12)/b7-3+. The van der Waals surface area contributed by atoms with Gasteiger partial charge in [0.15, 0.2) is 5.11 Å². The maximum atomic E-state index is 4.94. The van der Waals surface area contributed by atoms with Crippen molar-refractivity contribution in [3.05, 3.63) is 11.1 Å². The van der Waals surface area contributed by atoms with Crippen molar-refractivity contribution < 1.29 is 0 Å². The van der Waals surface area contributed by atoms with E-state index >= 15 is 0 Å². The fraction of sp³-hybridized carbons (Fsp3) is 0.333. The summed E-state index contributed by atoms with van der Waals surface area (Å²) in [4.78, 5) is 1.76. The lowest BCUT2D eigenvalue weighted by Crippen LogP contribution is -2.30. The van der Waals surface area contributed by atoms with Gasteiger partial charge in [-0.1, -0.05) is 4.49 Å². The van der Waals surface area contributed by atoms with E-state index in [1.807, 2.05) is 14.1 Å². The average molecular weight is 215 g/mol. The van der Waals surface area contributed by atoms with Crippen molar-refractivity contribution in [1.82, 2.24) is 19.9 Å². The largest absolute Gasteiger partial charge is 0.354 e. The average Bonchev–Trinajstić information content (AvgIpc) is 2.56. The molecule has 1 N–H and O–H groups in total. The van der Waals surface area contributed by atoms with E-state index in [0.717, 1.165) is 5.69 Å². The van der Waals surface area contributed by atoms with Gasteiger partial charge in [-0.2, -0.15) is 5.10 Å². The molecule has 70 valence electrons.